The number of carbonyl (C=O) groups excluding carboxylic acids is 1. The molecule has 0 aliphatic heterocycles. The van der Waals surface area contributed by atoms with Crippen LogP contribution < -0.4 is 9.64 Å². The molecule has 0 unspecified atom stereocenters. The summed E-state index contributed by atoms with van der Waals surface area (Å²) in [6.07, 6.45) is 0. The van der Waals surface area contributed by atoms with Crippen LogP contribution in [-0.2, 0) is 0 Å². The Bertz CT molecular complexity index is 1220. The van der Waals surface area contributed by atoms with Crippen molar-refractivity contribution in [2.24, 2.45) is 0 Å². The fourth-order valence-corrected chi connectivity index (χ4v) is 5.15. The molecule has 30 heavy (non-hydrogen) atoms. The third-order valence-corrected chi connectivity index (χ3v) is 6.84. The van der Waals surface area contributed by atoms with Gasteiger partial charge in [0.25, 0.3) is 5.91 Å². The van der Waals surface area contributed by atoms with Crippen molar-refractivity contribution >= 4 is 62.6 Å². The molecule has 2 aromatic heterocycles. The summed E-state index contributed by atoms with van der Waals surface area (Å²) >= 11 is 15.2. The maximum absolute atomic E-state index is 13.5. The average molecular weight is 475 g/mol. The second-order valence-corrected chi connectivity index (χ2v) is 9.01. The molecule has 0 N–H and O–H groups in total. The van der Waals surface area contributed by atoms with E-state index in [1.54, 1.807) is 24.1 Å². The molecule has 152 valence electrons. The van der Waals surface area contributed by atoms with Crippen molar-refractivity contribution in [3.8, 4) is 17.0 Å². The van der Waals surface area contributed by atoms with Crippen LogP contribution in [0.1, 0.15) is 15.2 Å². The number of aromatic nitrogens is 1. The van der Waals surface area contributed by atoms with Gasteiger partial charge in [-0.05, 0) is 54.3 Å². The Morgan fingerprint density at radius 3 is 2.63 bits per heavy atom. The van der Waals surface area contributed by atoms with Crippen LogP contribution in [0, 0.1) is 6.92 Å². The third kappa shape index (κ3) is 4.09. The van der Waals surface area contributed by atoms with Crippen molar-refractivity contribution in [2.75, 3.05) is 12.0 Å². The van der Waals surface area contributed by atoms with Gasteiger partial charge in [0.05, 0.1) is 28.4 Å². The summed E-state index contributed by atoms with van der Waals surface area (Å²) in [5, 5.41) is 5.40. The minimum Gasteiger partial charge on any atom is -0.497 e. The first kappa shape index (κ1) is 20.9. The summed E-state index contributed by atoms with van der Waals surface area (Å²) in [6, 6.07) is 14.6. The largest absolute Gasteiger partial charge is 0.497 e. The zero-order valence-electron chi connectivity index (χ0n) is 16.1. The van der Waals surface area contributed by atoms with Crippen LogP contribution in [0.5, 0.6) is 5.75 Å². The van der Waals surface area contributed by atoms with Crippen LogP contribution in [0.2, 0.25) is 10.0 Å². The molecule has 0 bridgehead atoms. The van der Waals surface area contributed by atoms with Gasteiger partial charge in [-0.1, -0.05) is 29.3 Å². The molecule has 0 fully saturated rings. The Morgan fingerprint density at radius 1 is 1.10 bits per heavy atom. The molecular weight excluding hydrogens is 459 g/mol. The quantitative estimate of drug-likeness (QED) is 0.301. The summed E-state index contributed by atoms with van der Waals surface area (Å²) in [7, 11) is 1.60. The van der Waals surface area contributed by atoms with Gasteiger partial charge >= 0.3 is 0 Å². The van der Waals surface area contributed by atoms with E-state index in [0.717, 1.165) is 11.1 Å². The highest BCUT2D eigenvalue weighted by molar-refractivity contribution is 7.15. The number of nitrogens with zero attached hydrogens (tertiary/aromatic N) is 2. The van der Waals surface area contributed by atoms with E-state index in [0.29, 0.717) is 37.2 Å². The van der Waals surface area contributed by atoms with E-state index in [2.05, 4.69) is 0 Å². The smallest absolute Gasteiger partial charge is 0.274 e. The first-order chi connectivity index (χ1) is 14.5. The summed E-state index contributed by atoms with van der Waals surface area (Å²) < 4.78 is 5.35. The third-order valence-electron chi connectivity index (χ3n) is 4.46. The van der Waals surface area contributed by atoms with Gasteiger partial charge in [-0.25, -0.2) is 4.98 Å². The maximum Gasteiger partial charge on any atom is 0.274 e. The van der Waals surface area contributed by atoms with E-state index >= 15 is 0 Å². The predicted octanol–water partition coefficient (Wildman–Crippen LogP) is 7.47. The molecule has 0 atom stereocenters. The van der Waals surface area contributed by atoms with Crippen molar-refractivity contribution < 1.29 is 9.53 Å². The fraction of sp³-hybridized carbons (Fsp3) is 0.0909. The van der Waals surface area contributed by atoms with Gasteiger partial charge < -0.3 is 4.74 Å². The minimum atomic E-state index is -0.140. The molecule has 8 heteroatoms. The van der Waals surface area contributed by atoms with Gasteiger partial charge in [0.2, 0.25) is 0 Å². The number of halogens is 2. The monoisotopic (exact) mass is 474 g/mol. The highest BCUT2D eigenvalue weighted by atomic mass is 35.5. The second-order valence-electron chi connectivity index (χ2n) is 6.41. The normalized spacial score (nSPS) is 10.8. The number of thiazole rings is 1. The number of ether oxygens (including phenoxy) is 1. The number of carbonyl (C=O) groups is 1. The zero-order valence-corrected chi connectivity index (χ0v) is 19.2. The molecule has 4 rings (SSSR count). The summed E-state index contributed by atoms with van der Waals surface area (Å²) in [6.45, 7) is 1.92. The van der Waals surface area contributed by atoms with E-state index < -0.39 is 0 Å². The fourth-order valence-electron chi connectivity index (χ4n) is 2.95. The van der Waals surface area contributed by atoms with E-state index in [1.165, 1.54) is 22.7 Å². The molecule has 4 aromatic rings. The summed E-state index contributed by atoms with van der Waals surface area (Å²) in [5.74, 6) is 0.518. The number of hydrogen-bond donors (Lipinski definition) is 0. The molecule has 4 nitrogen and oxygen atoms in total. The van der Waals surface area contributed by atoms with E-state index in [4.69, 9.17) is 32.9 Å². The molecule has 2 aromatic carbocycles. The standard InChI is InChI=1S/C22H16Cl2N2O2S2/c1-13-8-9-29-20(13)21(27)26(15-4-3-5-16(11-15)28-2)22-25-19(12-30-22)17-7-6-14(23)10-18(17)24/h3-12H,1-2H3. The van der Waals surface area contributed by atoms with Crippen LogP contribution >= 0.6 is 45.9 Å². The van der Waals surface area contributed by atoms with E-state index in [1.807, 2.05) is 54.1 Å². The molecule has 0 saturated heterocycles. The predicted molar refractivity (Wildman–Crippen MR) is 126 cm³/mol. The van der Waals surface area contributed by atoms with Crippen molar-refractivity contribution in [3.63, 3.8) is 0 Å². The molecule has 0 saturated carbocycles. The van der Waals surface area contributed by atoms with Crippen molar-refractivity contribution in [1.29, 1.82) is 0 Å². The highest BCUT2D eigenvalue weighted by Gasteiger charge is 2.26. The van der Waals surface area contributed by atoms with Gasteiger partial charge in [0, 0.05) is 22.0 Å². The van der Waals surface area contributed by atoms with Crippen LogP contribution in [0.4, 0.5) is 10.8 Å². The summed E-state index contributed by atoms with van der Waals surface area (Å²) in [4.78, 5) is 20.5. The first-order valence-corrected chi connectivity index (χ1v) is 11.4. The maximum atomic E-state index is 13.5. The van der Waals surface area contributed by atoms with E-state index in [-0.39, 0.29) is 5.91 Å². The Balaban J connectivity index is 1.81. The van der Waals surface area contributed by atoms with Crippen LogP contribution in [-0.4, -0.2) is 18.0 Å². The average Bonchev–Trinajstić information content (AvgIpc) is 3.37. The van der Waals surface area contributed by atoms with Crippen molar-refractivity contribution in [3.05, 3.63) is 79.8 Å². The lowest BCUT2D eigenvalue weighted by atomic mass is 10.2. The van der Waals surface area contributed by atoms with Crippen molar-refractivity contribution in [1.82, 2.24) is 4.98 Å². The number of rotatable bonds is 5. The lowest BCUT2D eigenvalue weighted by Gasteiger charge is -2.20. The van der Waals surface area contributed by atoms with Gasteiger partial charge in [0.15, 0.2) is 5.13 Å². The Kier molecular flexibility index (Phi) is 6.11. The van der Waals surface area contributed by atoms with Gasteiger partial charge in [-0.15, -0.1) is 22.7 Å². The van der Waals surface area contributed by atoms with E-state index in [9.17, 15) is 4.79 Å². The molecule has 1 amide bonds. The Hall–Kier alpha value is -2.38. The minimum absolute atomic E-state index is 0.140. The topological polar surface area (TPSA) is 42.4 Å². The number of anilines is 2. The van der Waals surface area contributed by atoms with Crippen LogP contribution in [0.3, 0.4) is 0 Å². The molecule has 0 aliphatic carbocycles. The lowest BCUT2D eigenvalue weighted by molar-refractivity contribution is 0.100. The zero-order chi connectivity index (χ0) is 21.3. The number of methoxy groups -OCH3 is 1. The molecule has 0 spiro atoms. The van der Waals surface area contributed by atoms with Gasteiger partial charge in [-0.3, -0.25) is 9.69 Å². The highest BCUT2D eigenvalue weighted by Crippen LogP contribution is 2.38. The van der Waals surface area contributed by atoms with Crippen LogP contribution in [0.15, 0.2) is 59.3 Å². The number of aryl methyl sites for hydroxylation is 1. The van der Waals surface area contributed by atoms with Gasteiger partial charge in [-0.2, -0.15) is 0 Å². The number of hydrogen-bond acceptors (Lipinski definition) is 5. The molecule has 2 heterocycles. The number of amides is 1. The first-order valence-electron chi connectivity index (χ1n) is 8.91. The van der Waals surface area contributed by atoms with Crippen molar-refractivity contribution in [2.45, 2.75) is 6.92 Å². The Labute approximate surface area is 192 Å². The molecular formula is C22H16Cl2N2O2S2. The van der Waals surface area contributed by atoms with Gasteiger partial charge in [0.1, 0.15) is 5.75 Å². The molecule has 0 aliphatic rings. The summed E-state index contributed by atoms with van der Waals surface area (Å²) in [5.41, 5.74) is 3.04. The number of thiophene rings is 1. The molecule has 0 radical (unpaired) electrons. The SMILES string of the molecule is COc1cccc(N(C(=O)c2sccc2C)c2nc(-c3ccc(Cl)cc3Cl)cs2)c1. The Morgan fingerprint density at radius 2 is 1.93 bits per heavy atom. The second kappa shape index (κ2) is 8.78. The lowest BCUT2D eigenvalue weighted by Crippen LogP contribution is -2.25. The van der Waals surface area contributed by atoms with Crippen LogP contribution in [0.25, 0.3) is 11.3 Å². The number of benzene rings is 2.